The fourth-order valence-corrected chi connectivity index (χ4v) is 3.16. The number of hydrogen-bond donors (Lipinski definition) is 0. The van der Waals surface area contributed by atoms with Crippen molar-refractivity contribution in [3.63, 3.8) is 0 Å². The summed E-state index contributed by atoms with van der Waals surface area (Å²) in [6.07, 6.45) is 1.15. The molecule has 0 radical (unpaired) electrons. The molecule has 0 saturated carbocycles. The Bertz CT molecular complexity index is 783. The molecule has 25 heavy (non-hydrogen) atoms. The van der Waals surface area contributed by atoms with Gasteiger partial charge in [0.1, 0.15) is 17.2 Å². The highest BCUT2D eigenvalue weighted by atomic mass is 16.5. The van der Waals surface area contributed by atoms with Crippen LogP contribution >= 0.6 is 0 Å². The summed E-state index contributed by atoms with van der Waals surface area (Å²) in [5, 5.41) is 4.06. The number of aryl methyl sites for hydroxylation is 1. The summed E-state index contributed by atoms with van der Waals surface area (Å²) in [5.41, 5.74) is 1.35. The molecule has 0 bridgehead atoms. The van der Waals surface area contributed by atoms with E-state index >= 15 is 0 Å². The van der Waals surface area contributed by atoms with Gasteiger partial charge in [-0.2, -0.15) is 0 Å². The lowest BCUT2D eigenvalue weighted by molar-refractivity contribution is -0.139. The van der Waals surface area contributed by atoms with Crippen molar-refractivity contribution in [1.29, 1.82) is 0 Å². The highest BCUT2D eigenvalue weighted by Crippen LogP contribution is 2.32. The fraction of sp³-hybridized carbons (Fsp3) is 0.421. The van der Waals surface area contributed by atoms with Crippen LogP contribution in [0.2, 0.25) is 0 Å². The number of benzene rings is 1. The first-order chi connectivity index (χ1) is 12.0. The van der Waals surface area contributed by atoms with Gasteiger partial charge in [-0.15, -0.1) is 0 Å². The standard InChI is InChI=1S/C19H22N2O4/c1-12-10-17(20-25-12)18-8-5-9-21(18)19(23)14(3)24-16-7-4-6-15(11-16)13(2)22/h4,6-7,10-11,14,18H,5,8-9H2,1-3H3/t14-,18+/m1/s1. The molecule has 1 aromatic heterocycles. The lowest BCUT2D eigenvalue weighted by Crippen LogP contribution is -2.40. The normalized spacial score (nSPS) is 18.2. The molecule has 2 aromatic rings. The largest absolute Gasteiger partial charge is 0.481 e. The minimum Gasteiger partial charge on any atom is -0.481 e. The summed E-state index contributed by atoms with van der Waals surface area (Å²) in [4.78, 5) is 26.1. The third kappa shape index (κ3) is 3.73. The quantitative estimate of drug-likeness (QED) is 0.780. The molecule has 132 valence electrons. The van der Waals surface area contributed by atoms with Gasteiger partial charge in [-0.3, -0.25) is 9.59 Å². The van der Waals surface area contributed by atoms with Gasteiger partial charge in [0.2, 0.25) is 0 Å². The fourth-order valence-electron chi connectivity index (χ4n) is 3.16. The Kier molecular flexibility index (Phi) is 4.88. The third-order valence-corrected chi connectivity index (χ3v) is 4.42. The van der Waals surface area contributed by atoms with E-state index in [0.29, 0.717) is 17.9 Å². The summed E-state index contributed by atoms with van der Waals surface area (Å²) in [5.74, 6) is 1.13. The summed E-state index contributed by atoms with van der Waals surface area (Å²) in [6.45, 7) is 5.75. The number of carbonyl (C=O) groups excluding carboxylic acids is 2. The Morgan fingerprint density at radius 1 is 1.36 bits per heavy atom. The second kappa shape index (κ2) is 7.09. The lowest BCUT2D eigenvalue weighted by atomic mass is 10.1. The maximum atomic E-state index is 12.8. The minimum atomic E-state index is -0.643. The van der Waals surface area contributed by atoms with E-state index in [4.69, 9.17) is 9.26 Å². The van der Waals surface area contributed by atoms with Gasteiger partial charge in [0.25, 0.3) is 5.91 Å². The van der Waals surface area contributed by atoms with Crippen LogP contribution in [0, 0.1) is 6.92 Å². The minimum absolute atomic E-state index is 0.0366. The molecule has 3 rings (SSSR count). The number of aromatic nitrogens is 1. The zero-order chi connectivity index (χ0) is 18.0. The second-order valence-corrected chi connectivity index (χ2v) is 6.40. The van der Waals surface area contributed by atoms with Crippen molar-refractivity contribution in [1.82, 2.24) is 10.1 Å². The van der Waals surface area contributed by atoms with Crippen LogP contribution < -0.4 is 4.74 Å². The molecule has 1 amide bonds. The average molecular weight is 342 g/mol. The van der Waals surface area contributed by atoms with Crippen molar-refractivity contribution in [2.24, 2.45) is 0 Å². The molecule has 1 aromatic carbocycles. The lowest BCUT2D eigenvalue weighted by Gasteiger charge is -2.26. The number of hydrogen-bond acceptors (Lipinski definition) is 5. The number of Topliss-reactive ketones (excluding diaryl/α,β-unsaturated/α-hetero) is 1. The van der Waals surface area contributed by atoms with Crippen LogP contribution in [0.1, 0.15) is 54.5 Å². The molecule has 6 nitrogen and oxygen atoms in total. The third-order valence-electron chi connectivity index (χ3n) is 4.42. The van der Waals surface area contributed by atoms with Crippen LogP contribution in [-0.4, -0.2) is 34.4 Å². The van der Waals surface area contributed by atoms with Gasteiger partial charge < -0.3 is 14.2 Å². The zero-order valence-corrected chi connectivity index (χ0v) is 14.7. The van der Waals surface area contributed by atoms with Gasteiger partial charge in [0, 0.05) is 18.2 Å². The smallest absolute Gasteiger partial charge is 0.263 e. The van der Waals surface area contributed by atoms with Crippen molar-refractivity contribution in [3.8, 4) is 5.75 Å². The van der Waals surface area contributed by atoms with Crippen molar-refractivity contribution in [2.45, 2.75) is 45.8 Å². The van der Waals surface area contributed by atoms with Crippen molar-refractivity contribution < 1.29 is 18.8 Å². The molecule has 0 spiro atoms. The van der Waals surface area contributed by atoms with Gasteiger partial charge >= 0.3 is 0 Å². The molecule has 1 aliphatic heterocycles. The topological polar surface area (TPSA) is 72.6 Å². The molecule has 2 heterocycles. The SMILES string of the molecule is CC(=O)c1cccc(O[C@H](C)C(=O)N2CCC[C@H]2c2cc(C)on2)c1. The number of likely N-dealkylation sites (tertiary alicyclic amines) is 1. The van der Waals surface area contributed by atoms with Crippen LogP contribution in [0.25, 0.3) is 0 Å². The summed E-state index contributed by atoms with van der Waals surface area (Å²) >= 11 is 0. The molecule has 1 fully saturated rings. The van der Waals surface area contributed by atoms with E-state index < -0.39 is 6.10 Å². The maximum Gasteiger partial charge on any atom is 0.263 e. The maximum absolute atomic E-state index is 12.8. The zero-order valence-electron chi connectivity index (χ0n) is 14.7. The number of ketones is 1. The van der Waals surface area contributed by atoms with Gasteiger partial charge in [-0.1, -0.05) is 17.3 Å². The molecule has 6 heteroatoms. The number of amides is 1. The highest BCUT2D eigenvalue weighted by Gasteiger charge is 2.34. The first kappa shape index (κ1) is 17.2. The Morgan fingerprint density at radius 2 is 2.16 bits per heavy atom. The van der Waals surface area contributed by atoms with Crippen molar-refractivity contribution in [2.75, 3.05) is 6.54 Å². The predicted octanol–water partition coefficient (Wildman–Crippen LogP) is 3.32. The highest BCUT2D eigenvalue weighted by molar-refractivity contribution is 5.94. The first-order valence-electron chi connectivity index (χ1n) is 8.47. The van der Waals surface area contributed by atoms with Gasteiger partial charge in [-0.25, -0.2) is 0 Å². The van der Waals surface area contributed by atoms with Gasteiger partial charge in [0.05, 0.1) is 6.04 Å². The number of ether oxygens (including phenoxy) is 1. The summed E-state index contributed by atoms with van der Waals surface area (Å²) in [6, 6.07) is 8.69. The van der Waals surface area contributed by atoms with Crippen molar-refractivity contribution in [3.05, 3.63) is 47.3 Å². The van der Waals surface area contributed by atoms with E-state index in [1.54, 1.807) is 36.1 Å². The first-order valence-corrected chi connectivity index (χ1v) is 8.47. The summed E-state index contributed by atoms with van der Waals surface area (Å²) < 4.78 is 10.9. The van der Waals surface area contributed by atoms with Crippen LogP contribution in [0.5, 0.6) is 5.75 Å². The van der Waals surface area contributed by atoms with Crippen LogP contribution in [-0.2, 0) is 4.79 Å². The van der Waals surface area contributed by atoms with Gasteiger partial charge in [-0.05, 0) is 45.7 Å². The molecule has 2 atom stereocenters. The van der Waals surface area contributed by atoms with Crippen LogP contribution in [0.15, 0.2) is 34.9 Å². The second-order valence-electron chi connectivity index (χ2n) is 6.40. The van der Waals surface area contributed by atoms with Crippen molar-refractivity contribution >= 4 is 11.7 Å². The van der Waals surface area contributed by atoms with E-state index in [2.05, 4.69) is 5.16 Å². The number of nitrogens with zero attached hydrogens (tertiary/aromatic N) is 2. The Labute approximate surface area is 146 Å². The average Bonchev–Trinajstić information content (AvgIpc) is 3.22. The van der Waals surface area contributed by atoms with Crippen LogP contribution in [0.3, 0.4) is 0 Å². The van der Waals surface area contributed by atoms with E-state index in [-0.39, 0.29) is 17.7 Å². The van der Waals surface area contributed by atoms with E-state index in [1.165, 1.54) is 6.92 Å². The number of rotatable bonds is 5. The van der Waals surface area contributed by atoms with Gasteiger partial charge in [0.15, 0.2) is 11.9 Å². The summed E-state index contributed by atoms with van der Waals surface area (Å²) in [7, 11) is 0. The predicted molar refractivity (Wildman–Crippen MR) is 91.5 cm³/mol. The molecule has 1 aliphatic rings. The van der Waals surface area contributed by atoms with E-state index in [9.17, 15) is 9.59 Å². The van der Waals surface area contributed by atoms with E-state index in [0.717, 1.165) is 24.3 Å². The van der Waals surface area contributed by atoms with Crippen LogP contribution in [0.4, 0.5) is 0 Å². The molecular formula is C19H22N2O4. The Balaban J connectivity index is 1.71. The number of carbonyl (C=O) groups is 2. The molecule has 0 aliphatic carbocycles. The Hall–Kier alpha value is -2.63. The molecule has 0 N–H and O–H groups in total. The molecule has 1 saturated heterocycles. The van der Waals surface area contributed by atoms with E-state index in [1.807, 2.05) is 13.0 Å². The Morgan fingerprint density at radius 3 is 2.84 bits per heavy atom. The monoisotopic (exact) mass is 342 g/mol. The molecular weight excluding hydrogens is 320 g/mol. The molecule has 0 unspecified atom stereocenters.